The molecule has 1 aromatic heterocycles. The largest absolute Gasteiger partial charge is 0.573 e. The first kappa shape index (κ1) is 19.7. The minimum Gasteiger partial charge on any atom is -0.406 e. The van der Waals surface area contributed by atoms with Gasteiger partial charge in [-0.1, -0.05) is 12.1 Å². The molecule has 5 nitrogen and oxygen atoms in total. The summed E-state index contributed by atoms with van der Waals surface area (Å²) < 4.78 is 42.4. The Morgan fingerprint density at radius 2 is 1.92 bits per heavy atom. The van der Waals surface area contributed by atoms with E-state index in [1.807, 2.05) is 41.9 Å². The number of halogens is 3. The third-order valence-electron chi connectivity index (χ3n) is 3.88. The molecule has 2 rings (SSSR count). The quantitative estimate of drug-likeness (QED) is 0.629. The Morgan fingerprint density at radius 1 is 1.23 bits per heavy atom. The summed E-state index contributed by atoms with van der Waals surface area (Å²) in [6, 6.07) is 9.93. The topological polar surface area (TPSA) is 41.8 Å². The Kier molecular flexibility index (Phi) is 6.54. The molecule has 142 valence electrons. The van der Waals surface area contributed by atoms with Gasteiger partial charge in [-0.25, -0.2) is 0 Å². The van der Waals surface area contributed by atoms with Gasteiger partial charge in [0.1, 0.15) is 5.75 Å². The second-order valence-corrected chi connectivity index (χ2v) is 5.88. The summed E-state index contributed by atoms with van der Waals surface area (Å²) in [5, 5.41) is 3.26. The third kappa shape index (κ3) is 6.02. The predicted octanol–water partition coefficient (Wildman–Crippen LogP) is 3.17. The lowest BCUT2D eigenvalue weighted by Crippen LogP contribution is -2.39. The highest BCUT2D eigenvalue weighted by molar-refractivity contribution is 5.79. The number of aromatic nitrogens is 1. The number of nitrogens with one attached hydrogen (secondary N) is 1. The lowest BCUT2D eigenvalue weighted by Gasteiger charge is -2.22. The van der Waals surface area contributed by atoms with Crippen molar-refractivity contribution in [1.82, 2.24) is 14.8 Å². The lowest BCUT2D eigenvalue weighted by molar-refractivity contribution is -0.274. The average molecular weight is 368 g/mol. The van der Waals surface area contributed by atoms with Crippen LogP contribution in [0.3, 0.4) is 0 Å². The zero-order chi connectivity index (χ0) is 19.2. The van der Waals surface area contributed by atoms with E-state index in [0.29, 0.717) is 19.5 Å². The van der Waals surface area contributed by atoms with Crippen LogP contribution in [-0.4, -0.2) is 42.4 Å². The highest BCUT2D eigenvalue weighted by Gasteiger charge is 2.30. The van der Waals surface area contributed by atoms with Crippen LogP contribution >= 0.6 is 0 Å². The van der Waals surface area contributed by atoms with Crippen LogP contribution in [0.5, 0.6) is 5.75 Å². The average Bonchev–Trinajstić information content (AvgIpc) is 2.96. The number of hydrogen-bond donors (Lipinski definition) is 1. The monoisotopic (exact) mass is 368 g/mol. The van der Waals surface area contributed by atoms with E-state index in [0.717, 1.165) is 17.2 Å². The molecular formula is C18H23F3N4O. The number of aliphatic imine (C=N–C) groups is 1. The van der Waals surface area contributed by atoms with E-state index in [1.54, 1.807) is 19.2 Å². The fraction of sp³-hybridized carbons (Fsp3) is 0.389. The lowest BCUT2D eigenvalue weighted by atomic mass is 10.1. The maximum atomic E-state index is 12.2. The minimum atomic E-state index is -4.67. The van der Waals surface area contributed by atoms with Crippen LogP contribution in [0.15, 0.2) is 47.6 Å². The normalized spacial score (nSPS) is 12.2. The first-order valence-electron chi connectivity index (χ1n) is 8.15. The number of hydrogen-bond acceptors (Lipinski definition) is 2. The van der Waals surface area contributed by atoms with Crippen molar-refractivity contribution in [2.24, 2.45) is 12.0 Å². The number of rotatable bonds is 6. The molecule has 0 unspecified atom stereocenters. The van der Waals surface area contributed by atoms with E-state index in [9.17, 15) is 13.2 Å². The van der Waals surface area contributed by atoms with E-state index >= 15 is 0 Å². The molecule has 0 aliphatic carbocycles. The molecule has 0 radical (unpaired) electrons. The second-order valence-electron chi connectivity index (χ2n) is 5.88. The standard InChI is InChI=1S/C18H23F3N4O/c1-22-17(25(3)13-15-5-4-12-24(15)2)23-11-10-14-6-8-16(9-7-14)26-18(19,20)21/h4-9,12H,10-11,13H2,1-3H3,(H,22,23). The molecule has 0 spiro atoms. The van der Waals surface area contributed by atoms with Gasteiger partial charge in [0.25, 0.3) is 0 Å². The zero-order valence-electron chi connectivity index (χ0n) is 15.0. The molecule has 1 N–H and O–H groups in total. The molecule has 0 bridgehead atoms. The van der Waals surface area contributed by atoms with Gasteiger partial charge in [0.05, 0.1) is 6.54 Å². The maximum Gasteiger partial charge on any atom is 0.573 e. The molecule has 0 aliphatic rings. The van der Waals surface area contributed by atoms with Crippen molar-refractivity contribution in [3.63, 3.8) is 0 Å². The molecule has 0 saturated carbocycles. The third-order valence-corrected chi connectivity index (χ3v) is 3.88. The molecule has 1 heterocycles. The summed E-state index contributed by atoms with van der Waals surface area (Å²) in [7, 11) is 5.66. The summed E-state index contributed by atoms with van der Waals surface area (Å²) in [6.45, 7) is 1.33. The molecule has 0 atom stereocenters. The molecule has 0 saturated heterocycles. The van der Waals surface area contributed by atoms with E-state index in [1.165, 1.54) is 12.1 Å². The van der Waals surface area contributed by atoms with Gasteiger partial charge in [0.15, 0.2) is 5.96 Å². The van der Waals surface area contributed by atoms with Gasteiger partial charge in [-0.15, -0.1) is 13.2 Å². The predicted molar refractivity (Wildman–Crippen MR) is 95.1 cm³/mol. The Morgan fingerprint density at radius 3 is 2.46 bits per heavy atom. The number of ether oxygens (including phenoxy) is 1. The van der Waals surface area contributed by atoms with Gasteiger partial charge in [-0.2, -0.15) is 0 Å². The summed E-state index contributed by atoms with van der Waals surface area (Å²) in [5.41, 5.74) is 2.07. The summed E-state index contributed by atoms with van der Waals surface area (Å²) in [5.74, 6) is 0.538. The van der Waals surface area contributed by atoms with Crippen LogP contribution in [0.2, 0.25) is 0 Å². The second kappa shape index (κ2) is 8.64. The van der Waals surface area contributed by atoms with Gasteiger partial charge in [0.2, 0.25) is 0 Å². The van der Waals surface area contributed by atoms with E-state index in [-0.39, 0.29) is 5.75 Å². The van der Waals surface area contributed by atoms with Crippen molar-refractivity contribution in [2.75, 3.05) is 20.6 Å². The van der Waals surface area contributed by atoms with Crippen molar-refractivity contribution in [3.8, 4) is 5.75 Å². The van der Waals surface area contributed by atoms with Crippen LogP contribution < -0.4 is 10.1 Å². The Bertz CT molecular complexity index is 723. The van der Waals surface area contributed by atoms with Crippen LogP contribution in [0.25, 0.3) is 0 Å². The van der Waals surface area contributed by atoms with Crippen LogP contribution in [0.1, 0.15) is 11.3 Å². The highest BCUT2D eigenvalue weighted by atomic mass is 19.4. The molecule has 8 heteroatoms. The van der Waals surface area contributed by atoms with Crippen LogP contribution in [0.4, 0.5) is 13.2 Å². The molecule has 0 fully saturated rings. The molecule has 0 aliphatic heterocycles. The number of benzene rings is 1. The number of aryl methyl sites for hydroxylation is 1. The van der Waals surface area contributed by atoms with Crippen molar-refractivity contribution in [2.45, 2.75) is 19.3 Å². The van der Waals surface area contributed by atoms with Crippen LogP contribution in [0, 0.1) is 0 Å². The summed E-state index contributed by atoms with van der Waals surface area (Å²) >= 11 is 0. The smallest absolute Gasteiger partial charge is 0.406 e. The molecular weight excluding hydrogens is 345 g/mol. The number of guanidine groups is 1. The van der Waals surface area contributed by atoms with Gasteiger partial charge in [-0.3, -0.25) is 4.99 Å². The fourth-order valence-electron chi connectivity index (χ4n) is 2.54. The van der Waals surface area contributed by atoms with E-state index in [2.05, 4.69) is 15.0 Å². The van der Waals surface area contributed by atoms with Crippen molar-refractivity contribution in [3.05, 3.63) is 53.9 Å². The van der Waals surface area contributed by atoms with E-state index in [4.69, 9.17) is 0 Å². The van der Waals surface area contributed by atoms with E-state index < -0.39 is 6.36 Å². The van der Waals surface area contributed by atoms with Gasteiger partial charge >= 0.3 is 6.36 Å². The first-order valence-corrected chi connectivity index (χ1v) is 8.15. The van der Waals surface area contributed by atoms with Gasteiger partial charge < -0.3 is 19.5 Å². The first-order chi connectivity index (χ1) is 12.3. The summed E-state index contributed by atoms with van der Waals surface area (Å²) in [4.78, 5) is 6.27. The van der Waals surface area contributed by atoms with Crippen molar-refractivity contribution >= 4 is 5.96 Å². The van der Waals surface area contributed by atoms with Crippen molar-refractivity contribution < 1.29 is 17.9 Å². The van der Waals surface area contributed by atoms with Crippen LogP contribution in [-0.2, 0) is 20.0 Å². The van der Waals surface area contributed by atoms with Gasteiger partial charge in [0, 0.05) is 39.6 Å². The molecule has 2 aromatic rings. The fourth-order valence-corrected chi connectivity index (χ4v) is 2.54. The SMILES string of the molecule is CN=C(NCCc1ccc(OC(F)(F)F)cc1)N(C)Cc1cccn1C. The molecule has 0 amide bonds. The zero-order valence-corrected chi connectivity index (χ0v) is 15.0. The molecule has 1 aromatic carbocycles. The minimum absolute atomic E-state index is 0.215. The molecule has 26 heavy (non-hydrogen) atoms. The van der Waals surface area contributed by atoms with Crippen molar-refractivity contribution in [1.29, 1.82) is 0 Å². The number of nitrogens with zero attached hydrogens (tertiary/aromatic N) is 3. The highest BCUT2D eigenvalue weighted by Crippen LogP contribution is 2.22. The Balaban J connectivity index is 1.82. The summed E-state index contributed by atoms with van der Waals surface area (Å²) in [6.07, 6.45) is -2.02. The maximum absolute atomic E-state index is 12.2. The Hall–Kier alpha value is -2.64. The number of alkyl halides is 3. The van der Waals surface area contributed by atoms with Gasteiger partial charge in [-0.05, 0) is 36.2 Å². The Labute approximate surface area is 151 Å².